The highest BCUT2D eigenvalue weighted by molar-refractivity contribution is 7.80. The Balaban J connectivity index is 2.28. The van der Waals surface area contributed by atoms with Crippen molar-refractivity contribution in [1.82, 2.24) is 29.3 Å². The van der Waals surface area contributed by atoms with E-state index in [1.165, 1.54) is 33.4 Å². The van der Waals surface area contributed by atoms with Gasteiger partial charge in [0.1, 0.15) is 6.04 Å². The molecule has 32 heavy (non-hydrogen) atoms. The molecule has 2 heterocycles. The van der Waals surface area contributed by atoms with Gasteiger partial charge >= 0.3 is 11.4 Å². The van der Waals surface area contributed by atoms with E-state index in [2.05, 4.69) is 27.9 Å². The van der Waals surface area contributed by atoms with Crippen molar-refractivity contribution in [2.24, 2.45) is 0 Å². The molecule has 2 aromatic heterocycles. The van der Waals surface area contributed by atoms with E-state index >= 15 is 0 Å². The van der Waals surface area contributed by atoms with Gasteiger partial charge in [-0.05, 0) is 13.8 Å². The predicted octanol–water partition coefficient (Wildman–Crippen LogP) is -2.03. The monoisotopic (exact) mass is 466 g/mol. The number of rotatable bonds is 9. The van der Waals surface area contributed by atoms with E-state index in [-0.39, 0.29) is 31.9 Å². The van der Waals surface area contributed by atoms with Crippen LogP contribution in [0.15, 0.2) is 31.6 Å². The molecule has 1 unspecified atom stereocenters. The third kappa shape index (κ3) is 6.33. The van der Waals surface area contributed by atoms with Crippen molar-refractivity contribution in [2.45, 2.75) is 39.9 Å². The van der Waals surface area contributed by atoms with Gasteiger partial charge in [-0.25, -0.2) is 9.59 Å². The molecule has 12 nitrogen and oxygen atoms in total. The minimum Gasteiger partial charge on any atom is -0.344 e. The molecule has 0 aliphatic rings. The van der Waals surface area contributed by atoms with Gasteiger partial charge in [-0.3, -0.25) is 38.3 Å². The first-order chi connectivity index (χ1) is 15.0. The molecule has 0 radical (unpaired) electrons. The first-order valence-corrected chi connectivity index (χ1v) is 10.4. The van der Waals surface area contributed by atoms with Crippen LogP contribution in [-0.2, 0) is 22.7 Å². The molecule has 0 saturated heterocycles. The van der Waals surface area contributed by atoms with Gasteiger partial charge in [0.2, 0.25) is 11.8 Å². The Bertz CT molecular complexity index is 1150. The van der Waals surface area contributed by atoms with Crippen LogP contribution in [-0.4, -0.2) is 60.7 Å². The molecule has 2 aromatic rings. The predicted molar refractivity (Wildman–Crippen MR) is 120 cm³/mol. The number of hydrogen-bond acceptors (Lipinski definition) is 7. The molecular weight excluding hydrogens is 440 g/mol. The quantitative estimate of drug-likeness (QED) is 0.312. The fourth-order valence-electron chi connectivity index (χ4n) is 3.01. The fourth-order valence-corrected chi connectivity index (χ4v) is 3.26. The molecule has 0 aliphatic carbocycles. The lowest BCUT2D eigenvalue weighted by molar-refractivity contribution is -0.135. The molecule has 1 atom stereocenters. The van der Waals surface area contributed by atoms with Crippen LogP contribution < -0.4 is 27.8 Å². The normalized spacial score (nSPS) is 11.8. The number of thiol groups is 1. The summed E-state index contributed by atoms with van der Waals surface area (Å²) in [7, 11) is 0. The third-order valence-corrected chi connectivity index (χ3v) is 5.13. The molecule has 0 spiro atoms. The highest BCUT2D eigenvalue weighted by atomic mass is 32.1. The Hall–Kier alpha value is -3.35. The molecule has 0 fully saturated rings. The van der Waals surface area contributed by atoms with Gasteiger partial charge in [0.15, 0.2) is 0 Å². The Kier molecular flexibility index (Phi) is 8.41. The van der Waals surface area contributed by atoms with E-state index in [1.54, 1.807) is 13.8 Å². The lowest BCUT2D eigenvalue weighted by atomic mass is 10.2. The average Bonchev–Trinajstić information content (AvgIpc) is 2.72. The van der Waals surface area contributed by atoms with Gasteiger partial charge in [0.05, 0.1) is 0 Å². The van der Waals surface area contributed by atoms with E-state index in [0.717, 1.165) is 0 Å². The van der Waals surface area contributed by atoms with E-state index in [4.69, 9.17) is 0 Å². The Morgan fingerprint density at radius 2 is 1.41 bits per heavy atom. The first kappa shape index (κ1) is 24.9. The minimum absolute atomic E-state index is 0.0460. The summed E-state index contributed by atoms with van der Waals surface area (Å²) in [5.41, 5.74) is -1.55. The van der Waals surface area contributed by atoms with Gasteiger partial charge in [-0.2, -0.15) is 12.6 Å². The number of carbonyl (C=O) groups excluding carboxylic acids is 2. The van der Waals surface area contributed by atoms with Crippen molar-refractivity contribution in [2.75, 3.05) is 18.8 Å². The summed E-state index contributed by atoms with van der Waals surface area (Å²) >= 11 is 4.13. The molecule has 2 rings (SSSR count). The van der Waals surface area contributed by atoms with E-state index in [9.17, 15) is 28.8 Å². The summed E-state index contributed by atoms with van der Waals surface area (Å²) in [6, 6.07) is -0.904. The number of carbonyl (C=O) groups is 2. The fraction of sp³-hybridized carbons (Fsp3) is 0.474. The molecule has 174 valence electrons. The number of H-pyrrole nitrogens is 2. The second-order valence-electron chi connectivity index (χ2n) is 7.29. The number of hydrogen-bond donors (Lipinski definition) is 4. The van der Waals surface area contributed by atoms with Gasteiger partial charge in [0, 0.05) is 62.4 Å². The van der Waals surface area contributed by atoms with Crippen molar-refractivity contribution in [3.8, 4) is 0 Å². The maximum atomic E-state index is 13.0. The largest absolute Gasteiger partial charge is 0.344 e. The summed E-state index contributed by atoms with van der Waals surface area (Å²) in [4.78, 5) is 77.5. The van der Waals surface area contributed by atoms with Gasteiger partial charge in [-0.1, -0.05) is 0 Å². The summed E-state index contributed by atoms with van der Waals surface area (Å²) in [6.07, 6.45) is 2.78. The minimum atomic E-state index is -0.904. The number of nitrogens with zero attached hydrogens (tertiary/aromatic N) is 3. The van der Waals surface area contributed by atoms with Gasteiger partial charge in [-0.15, -0.1) is 0 Å². The Labute approximate surface area is 187 Å². The standard InChI is InChI=1S/C19H26N6O6S/c1-11-8-24(18(30)21-15(11)27)6-4-23(17(29)14(10-32)20-13(3)26)5-7-25-9-12(2)16(28)22-19(25)31/h8-9,14,32H,4-7,10H2,1-3H3,(H,20,26)(H,21,27,30)(H,22,28,31). The highest BCUT2D eigenvalue weighted by Gasteiger charge is 2.24. The molecule has 2 amide bonds. The molecular formula is C19H26N6O6S. The number of aromatic nitrogens is 4. The van der Waals surface area contributed by atoms with Gasteiger partial charge < -0.3 is 10.2 Å². The maximum Gasteiger partial charge on any atom is 0.328 e. The number of amides is 2. The van der Waals surface area contributed by atoms with Crippen LogP contribution in [0.3, 0.4) is 0 Å². The second-order valence-corrected chi connectivity index (χ2v) is 7.66. The lowest BCUT2D eigenvalue weighted by Gasteiger charge is -2.27. The van der Waals surface area contributed by atoms with Crippen molar-refractivity contribution in [1.29, 1.82) is 0 Å². The summed E-state index contributed by atoms with van der Waals surface area (Å²) < 4.78 is 2.53. The van der Waals surface area contributed by atoms with Crippen molar-refractivity contribution >= 4 is 24.4 Å². The smallest absolute Gasteiger partial charge is 0.328 e. The van der Waals surface area contributed by atoms with Crippen LogP contribution in [0, 0.1) is 13.8 Å². The summed E-state index contributed by atoms with van der Waals surface area (Å²) in [6.45, 7) is 4.64. The molecule has 13 heteroatoms. The van der Waals surface area contributed by atoms with Crippen LogP contribution in [0.5, 0.6) is 0 Å². The first-order valence-electron chi connectivity index (χ1n) is 9.81. The topological polar surface area (TPSA) is 159 Å². The van der Waals surface area contributed by atoms with Crippen molar-refractivity contribution < 1.29 is 9.59 Å². The summed E-state index contributed by atoms with van der Waals surface area (Å²) in [5.74, 6) is -0.805. The van der Waals surface area contributed by atoms with Gasteiger partial charge in [0.25, 0.3) is 11.1 Å². The van der Waals surface area contributed by atoms with Crippen LogP contribution in [0.25, 0.3) is 0 Å². The zero-order valence-corrected chi connectivity index (χ0v) is 18.9. The molecule has 0 aromatic carbocycles. The van der Waals surface area contributed by atoms with E-state index in [1.807, 2.05) is 0 Å². The zero-order chi connectivity index (χ0) is 24.0. The number of aryl methyl sites for hydroxylation is 2. The van der Waals surface area contributed by atoms with Crippen LogP contribution in [0.1, 0.15) is 18.1 Å². The van der Waals surface area contributed by atoms with Crippen molar-refractivity contribution in [3.63, 3.8) is 0 Å². The lowest BCUT2D eigenvalue weighted by Crippen LogP contribution is -2.51. The van der Waals surface area contributed by atoms with E-state index < -0.39 is 40.4 Å². The van der Waals surface area contributed by atoms with Crippen LogP contribution in [0.4, 0.5) is 0 Å². The van der Waals surface area contributed by atoms with E-state index in [0.29, 0.717) is 11.1 Å². The highest BCUT2D eigenvalue weighted by Crippen LogP contribution is 2.01. The number of nitrogens with one attached hydrogen (secondary N) is 3. The molecule has 0 bridgehead atoms. The van der Waals surface area contributed by atoms with Crippen LogP contribution >= 0.6 is 12.6 Å². The van der Waals surface area contributed by atoms with Crippen molar-refractivity contribution in [3.05, 3.63) is 65.2 Å². The number of aromatic amines is 2. The maximum absolute atomic E-state index is 13.0. The third-order valence-electron chi connectivity index (χ3n) is 4.77. The Morgan fingerprint density at radius 1 is 0.969 bits per heavy atom. The average molecular weight is 467 g/mol. The molecule has 0 saturated carbocycles. The molecule has 0 aliphatic heterocycles. The zero-order valence-electron chi connectivity index (χ0n) is 18.0. The SMILES string of the molecule is CC(=O)NC(CS)C(=O)N(CCn1cc(C)c(=O)[nH]c1=O)CCn1cc(C)c(=O)[nH]c1=O. The second kappa shape index (κ2) is 10.8. The van der Waals surface area contributed by atoms with Crippen LogP contribution in [0.2, 0.25) is 0 Å². The Morgan fingerprint density at radius 3 is 1.78 bits per heavy atom. The summed E-state index contributed by atoms with van der Waals surface area (Å²) in [5, 5.41) is 2.52. The molecule has 3 N–H and O–H groups in total.